The Morgan fingerprint density at radius 1 is 1.62 bits per heavy atom. The van der Waals surface area contributed by atoms with E-state index in [0.29, 0.717) is 0 Å². The molecule has 0 saturated carbocycles. The number of carbonyl (C=O) groups is 1. The number of carboxylic acids is 1. The van der Waals surface area contributed by atoms with Crippen LogP contribution in [-0.2, 0) is 4.79 Å². The van der Waals surface area contributed by atoms with Crippen LogP contribution >= 0.6 is 0 Å². The lowest BCUT2D eigenvalue weighted by molar-refractivity contribution is -0.384. The SMILES string of the molecule is CC(Nc1cc([N+](=O)[O-])ccc1F)C(=O)O. The molecule has 1 rings (SSSR count). The van der Waals surface area contributed by atoms with Crippen LogP contribution in [0.15, 0.2) is 18.2 Å². The van der Waals surface area contributed by atoms with E-state index in [-0.39, 0.29) is 11.4 Å². The van der Waals surface area contributed by atoms with E-state index >= 15 is 0 Å². The van der Waals surface area contributed by atoms with Gasteiger partial charge in [-0.2, -0.15) is 0 Å². The maximum atomic E-state index is 13.2. The monoisotopic (exact) mass is 228 g/mol. The predicted octanol–water partition coefficient (Wildman–Crippen LogP) is 1.62. The highest BCUT2D eigenvalue weighted by atomic mass is 19.1. The number of benzene rings is 1. The summed E-state index contributed by atoms with van der Waals surface area (Å²) in [6.45, 7) is 1.31. The molecule has 0 bridgehead atoms. The van der Waals surface area contributed by atoms with Crippen molar-refractivity contribution >= 4 is 17.3 Å². The first-order valence-corrected chi connectivity index (χ1v) is 4.35. The van der Waals surface area contributed by atoms with Gasteiger partial charge in [-0.05, 0) is 13.0 Å². The Hall–Kier alpha value is -2.18. The number of nitrogens with one attached hydrogen (secondary N) is 1. The molecule has 0 spiro atoms. The van der Waals surface area contributed by atoms with Crippen LogP contribution in [-0.4, -0.2) is 22.0 Å². The van der Waals surface area contributed by atoms with Crippen molar-refractivity contribution in [1.29, 1.82) is 0 Å². The van der Waals surface area contributed by atoms with Gasteiger partial charge in [0.2, 0.25) is 0 Å². The minimum atomic E-state index is -1.18. The number of aliphatic carboxylic acids is 1. The van der Waals surface area contributed by atoms with Crippen LogP contribution < -0.4 is 5.32 Å². The molecule has 7 heteroatoms. The summed E-state index contributed by atoms with van der Waals surface area (Å²) in [7, 11) is 0. The number of non-ortho nitro benzene ring substituents is 1. The van der Waals surface area contributed by atoms with Gasteiger partial charge in [0.05, 0.1) is 10.6 Å². The molecule has 2 N–H and O–H groups in total. The van der Waals surface area contributed by atoms with Gasteiger partial charge in [0, 0.05) is 12.1 Å². The van der Waals surface area contributed by atoms with Gasteiger partial charge in [-0.15, -0.1) is 0 Å². The van der Waals surface area contributed by atoms with Crippen molar-refractivity contribution < 1.29 is 19.2 Å². The Kier molecular flexibility index (Phi) is 3.39. The molecule has 0 radical (unpaired) electrons. The van der Waals surface area contributed by atoms with Gasteiger partial charge < -0.3 is 10.4 Å². The van der Waals surface area contributed by atoms with Gasteiger partial charge in [0.15, 0.2) is 0 Å². The number of nitro groups is 1. The van der Waals surface area contributed by atoms with Crippen LogP contribution in [0.1, 0.15) is 6.92 Å². The summed E-state index contributed by atoms with van der Waals surface area (Å²) >= 11 is 0. The molecular formula is C9H9FN2O4. The van der Waals surface area contributed by atoms with Crippen molar-refractivity contribution in [3.63, 3.8) is 0 Å². The highest BCUT2D eigenvalue weighted by molar-refractivity contribution is 5.77. The summed E-state index contributed by atoms with van der Waals surface area (Å²) in [6.07, 6.45) is 0. The van der Waals surface area contributed by atoms with E-state index in [0.717, 1.165) is 18.2 Å². The molecule has 0 fully saturated rings. The fraction of sp³-hybridized carbons (Fsp3) is 0.222. The van der Waals surface area contributed by atoms with Crippen molar-refractivity contribution in [1.82, 2.24) is 0 Å². The molecule has 0 saturated heterocycles. The normalized spacial score (nSPS) is 11.9. The number of hydrogen-bond acceptors (Lipinski definition) is 4. The average molecular weight is 228 g/mol. The Morgan fingerprint density at radius 3 is 2.75 bits per heavy atom. The highest BCUT2D eigenvalue weighted by Crippen LogP contribution is 2.21. The summed E-state index contributed by atoms with van der Waals surface area (Å²) in [6, 6.07) is 1.84. The second-order valence-electron chi connectivity index (χ2n) is 3.13. The molecule has 1 aromatic carbocycles. The minimum Gasteiger partial charge on any atom is -0.480 e. The van der Waals surface area contributed by atoms with E-state index in [9.17, 15) is 19.3 Å². The number of nitro benzene ring substituents is 1. The number of hydrogen-bond donors (Lipinski definition) is 2. The molecular weight excluding hydrogens is 219 g/mol. The highest BCUT2D eigenvalue weighted by Gasteiger charge is 2.15. The zero-order valence-electron chi connectivity index (χ0n) is 8.31. The molecule has 16 heavy (non-hydrogen) atoms. The third-order valence-corrected chi connectivity index (χ3v) is 1.90. The largest absolute Gasteiger partial charge is 0.480 e. The van der Waals surface area contributed by atoms with Crippen LogP contribution in [0.3, 0.4) is 0 Å². The molecule has 0 aliphatic heterocycles. The summed E-state index contributed by atoms with van der Waals surface area (Å²) in [5, 5.41) is 21.3. The molecule has 6 nitrogen and oxygen atoms in total. The lowest BCUT2D eigenvalue weighted by atomic mass is 10.2. The average Bonchev–Trinajstić information content (AvgIpc) is 2.20. The van der Waals surface area contributed by atoms with Gasteiger partial charge in [0.1, 0.15) is 11.9 Å². The van der Waals surface area contributed by atoms with Crippen molar-refractivity contribution in [2.45, 2.75) is 13.0 Å². The Labute approximate surface area is 89.9 Å². The van der Waals surface area contributed by atoms with Gasteiger partial charge >= 0.3 is 5.97 Å². The number of halogens is 1. The topological polar surface area (TPSA) is 92.5 Å². The zero-order chi connectivity index (χ0) is 12.3. The van der Waals surface area contributed by atoms with Crippen LogP contribution in [0.2, 0.25) is 0 Å². The number of rotatable bonds is 4. The van der Waals surface area contributed by atoms with Crippen LogP contribution in [0.5, 0.6) is 0 Å². The number of carboxylic acid groups (broad SMARTS) is 1. The first kappa shape index (κ1) is 11.9. The molecule has 1 unspecified atom stereocenters. The quantitative estimate of drug-likeness (QED) is 0.603. The third kappa shape index (κ3) is 2.66. The Bertz CT molecular complexity index is 436. The van der Waals surface area contributed by atoms with Crippen LogP contribution in [0.25, 0.3) is 0 Å². The third-order valence-electron chi connectivity index (χ3n) is 1.90. The van der Waals surface area contributed by atoms with E-state index in [2.05, 4.69) is 5.32 Å². The van der Waals surface area contributed by atoms with Crippen molar-refractivity contribution in [3.8, 4) is 0 Å². The maximum absolute atomic E-state index is 13.2. The van der Waals surface area contributed by atoms with Gasteiger partial charge in [0.25, 0.3) is 5.69 Å². The summed E-state index contributed by atoms with van der Waals surface area (Å²) < 4.78 is 13.2. The van der Waals surface area contributed by atoms with Crippen molar-refractivity contribution in [2.24, 2.45) is 0 Å². The first-order valence-electron chi connectivity index (χ1n) is 4.35. The van der Waals surface area contributed by atoms with E-state index < -0.39 is 22.8 Å². The lowest BCUT2D eigenvalue weighted by Crippen LogP contribution is -2.25. The van der Waals surface area contributed by atoms with Gasteiger partial charge in [-0.3, -0.25) is 14.9 Å². The Morgan fingerprint density at radius 2 is 2.25 bits per heavy atom. The fourth-order valence-corrected chi connectivity index (χ4v) is 1.03. The second-order valence-corrected chi connectivity index (χ2v) is 3.13. The Balaban J connectivity index is 2.98. The second kappa shape index (κ2) is 4.56. The summed E-state index contributed by atoms with van der Waals surface area (Å²) in [5.41, 5.74) is -0.509. The van der Waals surface area contributed by atoms with E-state index in [1.807, 2.05) is 0 Å². The molecule has 0 heterocycles. The zero-order valence-corrected chi connectivity index (χ0v) is 8.31. The maximum Gasteiger partial charge on any atom is 0.325 e. The van der Waals surface area contributed by atoms with Crippen molar-refractivity contribution in [3.05, 3.63) is 34.1 Å². The smallest absolute Gasteiger partial charge is 0.325 e. The van der Waals surface area contributed by atoms with Crippen LogP contribution in [0.4, 0.5) is 15.8 Å². The standard InChI is InChI=1S/C9H9FN2O4/c1-5(9(13)14)11-8-4-6(12(15)16)2-3-7(8)10/h2-5,11H,1H3,(H,13,14). The van der Waals surface area contributed by atoms with E-state index in [4.69, 9.17) is 5.11 Å². The van der Waals surface area contributed by atoms with Gasteiger partial charge in [-0.1, -0.05) is 0 Å². The summed E-state index contributed by atoms with van der Waals surface area (Å²) in [4.78, 5) is 20.3. The number of nitrogens with zero attached hydrogens (tertiary/aromatic N) is 1. The van der Waals surface area contributed by atoms with E-state index in [1.54, 1.807) is 0 Å². The first-order chi connectivity index (χ1) is 7.41. The summed E-state index contributed by atoms with van der Waals surface area (Å²) in [5.74, 6) is -1.91. The fourth-order valence-electron chi connectivity index (χ4n) is 1.03. The van der Waals surface area contributed by atoms with E-state index in [1.165, 1.54) is 6.92 Å². The molecule has 0 aromatic heterocycles. The molecule has 1 aromatic rings. The molecule has 1 atom stereocenters. The molecule has 0 amide bonds. The molecule has 0 aliphatic rings. The number of anilines is 1. The molecule has 0 aliphatic carbocycles. The molecule has 86 valence electrons. The predicted molar refractivity (Wildman–Crippen MR) is 53.8 cm³/mol. The lowest BCUT2D eigenvalue weighted by Gasteiger charge is -2.10. The van der Waals surface area contributed by atoms with Crippen LogP contribution in [0, 0.1) is 15.9 Å². The minimum absolute atomic E-state index is 0.205. The van der Waals surface area contributed by atoms with Crippen molar-refractivity contribution in [2.75, 3.05) is 5.32 Å². The van der Waals surface area contributed by atoms with Gasteiger partial charge in [-0.25, -0.2) is 4.39 Å².